The van der Waals surface area contributed by atoms with Crippen LogP contribution >= 0.6 is 0 Å². The van der Waals surface area contributed by atoms with Crippen molar-refractivity contribution in [3.05, 3.63) is 12.4 Å². The molecule has 0 aliphatic carbocycles. The Morgan fingerprint density at radius 3 is 2.72 bits per heavy atom. The van der Waals surface area contributed by atoms with Crippen LogP contribution in [0.2, 0.25) is 0 Å². The number of aromatic nitrogens is 2. The van der Waals surface area contributed by atoms with Gasteiger partial charge < -0.3 is 15.2 Å². The van der Waals surface area contributed by atoms with Gasteiger partial charge in [-0.1, -0.05) is 6.92 Å². The lowest BCUT2D eigenvalue weighted by Crippen LogP contribution is -2.37. The van der Waals surface area contributed by atoms with Gasteiger partial charge in [0.05, 0.1) is 6.54 Å². The van der Waals surface area contributed by atoms with Gasteiger partial charge >= 0.3 is 0 Å². The van der Waals surface area contributed by atoms with E-state index in [-0.39, 0.29) is 5.91 Å². The van der Waals surface area contributed by atoms with Crippen molar-refractivity contribution in [1.82, 2.24) is 14.9 Å². The van der Waals surface area contributed by atoms with Gasteiger partial charge in [0.2, 0.25) is 5.91 Å². The molecule has 7 nitrogen and oxygen atoms in total. The molecule has 0 aromatic carbocycles. The Morgan fingerprint density at radius 1 is 1.44 bits per heavy atom. The third-order valence-corrected chi connectivity index (χ3v) is 2.44. The molecule has 0 bridgehead atoms. The molecule has 0 spiro atoms. The number of hydrogen-bond acceptors (Lipinski definition) is 6. The van der Waals surface area contributed by atoms with Crippen LogP contribution in [-0.2, 0) is 4.79 Å². The largest absolute Gasteiger partial charge is 0.347 e. The average Bonchev–Trinajstić information content (AvgIpc) is 2.38. The van der Waals surface area contributed by atoms with E-state index in [0.29, 0.717) is 18.2 Å². The second-order valence-corrected chi connectivity index (χ2v) is 4.12. The van der Waals surface area contributed by atoms with Crippen molar-refractivity contribution < 1.29 is 4.79 Å². The lowest BCUT2D eigenvalue weighted by Gasteiger charge is -2.24. The highest BCUT2D eigenvalue weighted by atomic mass is 16.2. The van der Waals surface area contributed by atoms with Crippen molar-refractivity contribution in [2.45, 2.75) is 13.3 Å². The number of nitrogens with two attached hydrogens (primary N) is 1. The number of carbonyl (C=O) groups excluding carboxylic acids is 1. The molecule has 0 saturated carbocycles. The molecule has 1 rings (SSSR count). The van der Waals surface area contributed by atoms with Crippen molar-refractivity contribution in [1.29, 1.82) is 0 Å². The Morgan fingerprint density at radius 2 is 2.17 bits per heavy atom. The van der Waals surface area contributed by atoms with E-state index < -0.39 is 0 Å². The number of rotatable bonds is 6. The van der Waals surface area contributed by atoms with E-state index in [1.807, 2.05) is 4.90 Å². The molecule has 1 aromatic heterocycles. The summed E-state index contributed by atoms with van der Waals surface area (Å²) in [6.07, 6.45) is 2.35. The fraction of sp³-hybridized carbons (Fsp3) is 0.545. The smallest absolute Gasteiger partial charge is 0.241 e. The zero-order valence-electron chi connectivity index (χ0n) is 11.1. The van der Waals surface area contributed by atoms with Crippen LogP contribution in [0.15, 0.2) is 12.4 Å². The van der Waals surface area contributed by atoms with Crippen LogP contribution in [0.5, 0.6) is 0 Å². The fourth-order valence-corrected chi connectivity index (χ4v) is 1.45. The van der Waals surface area contributed by atoms with E-state index in [1.54, 1.807) is 25.1 Å². The first-order valence-electron chi connectivity index (χ1n) is 5.82. The molecule has 0 saturated heterocycles. The minimum absolute atomic E-state index is 0.0318. The maximum atomic E-state index is 11.8. The first-order valence-corrected chi connectivity index (χ1v) is 5.82. The first kappa shape index (κ1) is 14.2. The van der Waals surface area contributed by atoms with E-state index in [2.05, 4.69) is 22.3 Å². The van der Waals surface area contributed by atoms with Crippen LogP contribution in [0.3, 0.4) is 0 Å². The van der Waals surface area contributed by atoms with Gasteiger partial charge in [0.15, 0.2) is 0 Å². The fourth-order valence-electron chi connectivity index (χ4n) is 1.45. The normalized spacial score (nSPS) is 10.0. The molecule has 1 heterocycles. The van der Waals surface area contributed by atoms with E-state index in [1.165, 1.54) is 6.33 Å². The van der Waals surface area contributed by atoms with E-state index in [0.717, 1.165) is 13.0 Å². The maximum Gasteiger partial charge on any atom is 0.241 e. The predicted molar refractivity (Wildman–Crippen MR) is 71.0 cm³/mol. The summed E-state index contributed by atoms with van der Waals surface area (Å²) in [6, 6.07) is 1.72. The highest BCUT2D eigenvalue weighted by molar-refractivity contribution is 5.80. The van der Waals surface area contributed by atoms with Gasteiger partial charge in [-0.15, -0.1) is 0 Å². The third-order valence-electron chi connectivity index (χ3n) is 2.44. The Balaban J connectivity index is 2.85. The highest BCUT2D eigenvalue weighted by Crippen LogP contribution is 2.13. The van der Waals surface area contributed by atoms with Gasteiger partial charge in [0.25, 0.3) is 0 Å². The van der Waals surface area contributed by atoms with Gasteiger partial charge in [-0.25, -0.2) is 15.8 Å². The monoisotopic (exact) mass is 252 g/mol. The summed E-state index contributed by atoms with van der Waals surface area (Å²) in [5, 5.41) is 0. The molecular weight excluding hydrogens is 232 g/mol. The van der Waals surface area contributed by atoms with E-state index in [4.69, 9.17) is 5.84 Å². The minimum Gasteiger partial charge on any atom is -0.347 e. The van der Waals surface area contributed by atoms with Crippen molar-refractivity contribution in [2.24, 2.45) is 5.84 Å². The second-order valence-electron chi connectivity index (χ2n) is 4.12. The number of hydrazine groups is 1. The van der Waals surface area contributed by atoms with Gasteiger partial charge in [-0.3, -0.25) is 4.79 Å². The molecule has 1 aromatic rings. The van der Waals surface area contributed by atoms with Crippen LogP contribution < -0.4 is 16.2 Å². The number of amides is 1. The van der Waals surface area contributed by atoms with Crippen molar-refractivity contribution >= 4 is 17.5 Å². The van der Waals surface area contributed by atoms with Gasteiger partial charge in [0, 0.05) is 26.7 Å². The molecule has 0 radical (unpaired) electrons. The Kier molecular flexibility index (Phi) is 5.31. The SMILES string of the molecule is CCCN(CC(=O)N(C)C)c1cc(NN)ncn1. The van der Waals surface area contributed by atoms with Gasteiger partial charge in [0.1, 0.15) is 18.0 Å². The molecule has 100 valence electrons. The lowest BCUT2D eigenvalue weighted by atomic mass is 10.3. The van der Waals surface area contributed by atoms with Crippen LogP contribution in [0.4, 0.5) is 11.6 Å². The molecule has 0 unspecified atom stereocenters. The third kappa shape index (κ3) is 3.85. The Bertz CT molecular complexity index is 395. The molecule has 1 amide bonds. The molecule has 0 aliphatic heterocycles. The standard InChI is InChI=1S/C11H20N6O/c1-4-5-17(7-11(18)16(2)3)10-6-9(15-12)13-8-14-10/h6,8H,4-5,7,12H2,1-3H3,(H,13,14,15). The zero-order chi connectivity index (χ0) is 13.5. The summed E-state index contributed by atoms with van der Waals surface area (Å²) >= 11 is 0. The van der Waals surface area contributed by atoms with E-state index in [9.17, 15) is 4.79 Å². The van der Waals surface area contributed by atoms with Crippen LogP contribution in [-0.4, -0.2) is 48.0 Å². The second kappa shape index (κ2) is 6.75. The topological polar surface area (TPSA) is 87.4 Å². The summed E-state index contributed by atoms with van der Waals surface area (Å²) in [5.74, 6) is 6.56. The number of nitrogens with one attached hydrogen (secondary N) is 1. The van der Waals surface area contributed by atoms with Crippen LogP contribution in [0, 0.1) is 0 Å². The molecule has 3 N–H and O–H groups in total. The molecule has 0 fully saturated rings. The zero-order valence-corrected chi connectivity index (χ0v) is 11.1. The molecule has 0 atom stereocenters. The number of hydrogen-bond donors (Lipinski definition) is 2. The summed E-state index contributed by atoms with van der Waals surface area (Å²) in [6.45, 7) is 3.10. The molecule has 0 aliphatic rings. The summed E-state index contributed by atoms with van der Waals surface area (Å²) in [4.78, 5) is 23.3. The number of nitrogen functional groups attached to an aromatic ring is 1. The predicted octanol–water partition coefficient (Wildman–Crippen LogP) is 0.0668. The van der Waals surface area contributed by atoms with Crippen molar-refractivity contribution in [2.75, 3.05) is 37.5 Å². The maximum absolute atomic E-state index is 11.8. The van der Waals surface area contributed by atoms with Crippen molar-refractivity contribution in [3.8, 4) is 0 Å². The lowest BCUT2D eigenvalue weighted by molar-refractivity contribution is -0.127. The minimum atomic E-state index is 0.0318. The van der Waals surface area contributed by atoms with Crippen LogP contribution in [0.1, 0.15) is 13.3 Å². The summed E-state index contributed by atoms with van der Waals surface area (Å²) in [7, 11) is 3.47. The first-order chi connectivity index (χ1) is 8.58. The Labute approximate surface area is 107 Å². The van der Waals surface area contributed by atoms with Gasteiger partial charge in [-0.05, 0) is 6.42 Å². The molecule has 7 heteroatoms. The number of carbonyl (C=O) groups is 1. The van der Waals surface area contributed by atoms with Crippen LogP contribution in [0.25, 0.3) is 0 Å². The molecular formula is C11H20N6O. The Hall–Kier alpha value is -1.89. The molecule has 18 heavy (non-hydrogen) atoms. The quantitative estimate of drug-likeness (QED) is 0.550. The number of likely N-dealkylation sites (N-methyl/N-ethyl adjacent to an activating group) is 1. The highest BCUT2D eigenvalue weighted by Gasteiger charge is 2.14. The van der Waals surface area contributed by atoms with E-state index >= 15 is 0 Å². The summed E-state index contributed by atoms with van der Waals surface area (Å²) < 4.78 is 0. The number of nitrogens with zero attached hydrogens (tertiary/aromatic N) is 4. The van der Waals surface area contributed by atoms with Crippen molar-refractivity contribution in [3.63, 3.8) is 0 Å². The summed E-state index contributed by atoms with van der Waals surface area (Å²) in [5.41, 5.74) is 2.47. The van der Waals surface area contributed by atoms with Gasteiger partial charge in [-0.2, -0.15) is 0 Å². The average molecular weight is 252 g/mol. The number of anilines is 2.